The SMILES string of the molecule is Nc1c(Nc2ccc(C(F)(F)F)cc2)ncnc1Oc1ccc(Br)cc1. The zero-order valence-corrected chi connectivity index (χ0v) is 14.7. The minimum absolute atomic E-state index is 0.135. The monoisotopic (exact) mass is 424 g/mol. The van der Waals surface area contributed by atoms with Crippen molar-refractivity contribution in [1.82, 2.24) is 9.97 Å². The van der Waals surface area contributed by atoms with Gasteiger partial charge in [0.1, 0.15) is 17.8 Å². The van der Waals surface area contributed by atoms with Crippen LogP contribution < -0.4 is 15.8 Å². The number of nitrogens with one attached hydrogen (secondary N) is 1. The minimum atomic E-state index is -4.39. The van der Waals surface area contributed by atoms with E-state index in [4.69, 9.17) is 10.5 Å². The van der Waals surface area contributed by atoms with Crippen LogP contribution in [0.2, 0.25) is 0 Å². The molecule has 134 valence electrons. The molecule has 0 saturated heterocycles. The third kappa shape index (κ3) is 4.23. The Kier molecular flexibility index (Phi) is 4.99. The van der Waals surface area contributed by atoms with E-state index in [-0.39, 0.29) is 17.4 Å². The summed E-state index contributed by atoms with van der Waals surface area (Å²) in [7, 11) is 0. The number of nitrogen functional groups attached to an aromatic ring is 1. The molecule has 1 heterocycles. The Balaban J connectivity index is 1.79. The van der Waals surface area contributed by atoms with Crippen molar-refractivity contribution in [3.63, 3.8) is 0 Å². The van der Waals surface area contributed by atoms with E-state index in [2.05, 4.69) is 31.2 Å². The van der Waals surface area contributed by atoms with Gasteiger partial charge in [-0.15, -0.1) is 0 Å². The van der Waals surface area contributed by atoms with Crippen LogP contribution in [0.5, 0.6) is 11.6 Å². The maximum atomic E-state index is 12.6. The second-order valence-electron chi connectivity index (χ2n) is 5.20. The first-order valence-electron chi connectivity index (χ1n) is 7.31. The highest BCUT2D eigenvalue weighted by atomic mass is 79.9. The second kappa shape index (κ2) is 7.20. The fourth-order valence-electron chi connectivity index (χ4n) is 2.05. The highest BCUT2D eigenvalue weighted by Crippen LogP contribution is 2.33. The third-order valence-electron chi connectivity index (χ3n) is 3.35. The van der Waals surface area contributed by atoms with Crippen molar-refractivity contribution in [2.24, 2.45) is 0 Å². The Morgan fingerprint density at radius 1 is 0.962 bits per heavy atom. The molecule has 0 fully saturated rings. The van der Waals surface area contributed by atoms with Crippen LogP contribution in [0.25, 0.3) is 0 Å². The van der Waals surface area contributed by atoms with Crippen LogP contribution in [0.15, 0.2) is 59.3 Å². The van der Waals surface area contributed by atoms with Crippen molar-refractivity contribution in [2.75, 3.05) is 11.1 Å². The Bertz CT molecular complexity index is 899. The molecule has 1 aromatic heterocycles. The first-order chi connectivity index (χ1) is 12.3. The number of anilines is 3. The summed E-state index contributed by atoms with van der Waals surface area (Å²) >= 11 is 3.32. The van der Waals surface area contributed by atoms with Crippen molar-refractivity contribution in [2.45, 2.75) is 6.18 Å². The average molecular weight is 425 g/mol. The molecule has 0 bridgehead atoms. The van der Waals surface area contributed by atoms with Crippen molar-refractivity contribution >= 4 is 33.1 Å². The number of halogens is 4. The lowest BCUT2D eigenvalue weighted by Crippen LogP contribution is -2.05. The predicted octanol–water partition coefficient (Wildman–Crippen LogP) is 5.38. The van der Waals surface area contributed by atoms with Crippen molar-refractivity contribution in [1.29, 1.82) is 0 Å². The molecule has 0 aliphatic carbocycles. The van der Waals surface area contributed by atoms with Crippen LogP contribution in [0.4, 0.5) is 30.4 Å². The Morgan fingerprint density at radius 3 is 2.23 bits per heavy atom. The van der Waals surface area contributed by atoms with E-state index in [1.54, 1.807) is 24.3 Å². The summed E-state index contributed by atoms with van der Waals surface area (Å²) in [5.74, 6) is 0.891. The van der Waals surface area contributed by atoms with Gasteiger partial charge in [0.15, 0.2) is 5.82 Å². The second-order valence-corrected chi connectivity index (χ2v) is 6.11. The summed E-state index contributed by atoms with van der Waals surface area (Å²) in [6.07, 6.45) is -3.14. The molecular formula is C17H12BrF3N4O. The fraction of sp³-hybridized carbons (Fsp3) is 0.0588. The van der Waals surface area contributed by atoms with Crippen LogP contribution in [0.3, 0.4) is 0 Å². The van der Waals surface area contributed by atoms with Gasteiger partial charge < -0.3 is 15.8 Å². The van der Waals surface area contributed by atoms with Gasteiger partial charge in [0.05, 0.1) is 5.56 Å². The van der Waals surface area contributed by atoms with Crippen LogP contribution in [-0.4, -0.2) is 9.97 Å². The number of nitrogens with zero attached hydrogens (tertiary/aromatic N) is 2. The Morgan fingerprint density at radius 2 is 1.62 bits per heavy atom. The van der Waals surface area contributed by atoms with E-state index in [1.165, 1.54) is 18.5 Å². The standard InChI is InChI=1S/C17H12BrF3N4O/c18-11-3-7-13(8-4-11)26-16-14(22)15(23-9-24-16)25-12-5-1-10(2-6-12)17(19,20)21/h1-9H,22H2,(H,23,24,25). The van der Waals surface area contributed by atoms with Crippen LogP contribution in [0.1, 0.15) is 5.56 Å². The largest absolute Gasteiger partial charge is 0.437 e. The molecule has 0 atom stereocenters. The maximum absolute atomic E-state index is 12.6. The topological polar surface area (TPSA) is 73.1 Å². The van der Waals surface area contributed by atoms with E-state index in [1.807, 2.05) is 0 Å². The highest BCUT2D eigenvalue weighted by molar-refractivity contribution is 9.10. The summed E-state index contributed by atoms with van der Waals surface area (Å²) in [6, 6.07) is 11.6. The summed E-state index contributed by atoms with van der Waals surface area (Å²) in [4.78, 5) is 7.99. The van der Waals surface area contributed by atoms with E-state index in [0.29, 0.717) is 11.4 Å². The average Bonchev–Trinajstić information content (AvgIpc) is 2.60. The zero-order chi connectivity index (χ0) is 18.7. The molecule has 0 radical (unpaired) electrons. The Labute approximate surface area is 155 Å². The maximum Gasteiger partial charge on any atom is 0.416 e. The quantitative estimate of drug-likeness (QED) is 0.588. The lowest BCUT2D eigenvalue weighted by atomic mass is 10.2. The number of ether oxygens (including phenoxy) is 1. The molecule has 3 rings (SSSR count). The van der Waals surface area contributed by atoms with Gasteiger partial charge in [-0.3, -0.25) is 0 Å². The molecule has 0 unspecified atom stereocenters. The summed E-state index contributed by atoms with van der Waals surface area (Å²) in [5.41, 5.74) is 5.80. The number of hydrogen-bond acceptors (Lipinski definition) is 5. The first-order valence-corrected chi connectivity index (χ1v) is 8.10. The van der Waals surface area contributed by atoms with Crippen molar-refractivity contribution in [3.05, 3.63) is 64.9 Å². The van der Waals surface area contributed by atoms with Gasteiger partial charge in [-0.2, -0.15) is 18.2 Å². The van der Waals surface area contributed by atoms with Gasteiger partial charge in [-0.25, -0.2) is 4.98 Å². The van der Waals surface area contributed by atoms with Gasteiger partial charge in [0.2, 0.25) is 5.88 Å². The third-order valence-corrected chi connectivity index (χ3v) is 3.88. The summed E-state index contributed by atoms with van der Waals surface area (Å²) < 4.78 is 44.4. The smallest absolute Gasteiger partial charge is 0.416 e. The van der Waals surface area contributed by atoms with Crippen LogP contribution in [0, 0.1) is 0 Å². The molecule has 3 aromatic rings. The first kappa shape index (κ1) is 18.0. The van der Waals surface area contributed by atoms with Crippen molar-refractivity contribution in [3.8, 4) is 11.6 Å². The molecule has 0 aliphatic rings. The normalized spacial score (nSPS) is 11.2. The number of alkyl halides is 3. The molecule has 5 nitrogen and oxygen atoms in total. The van der Waals surface area contributed by atoms with E-state index in [9.17, 15) is 13.2 Å². The number of rotatable bonds is 4. The minimum Gasteiger partial charge on any atom is -0.437 e. The number of nitrogens with two attached hydrogens (primary N) is 1. The molecule has 0 amide bonds. The van der Waals surface area contributed by atoms with E-state index >= 15 is 0 Å². The molecule has 2 aromatic carbocycles. The van der Waals surface area contributed by atoms with Gasteiger partial charge >= 0.3 is 6.18 Å². The lowest BCUT2D eigenvalue weighted by molar-refractivity contribution is -0.137. The highest BCUT2D eigenvalue weighted by Gasteiger charge is 2.29. The van der Waals surface area contributed by atoms with Crippen LogP contribution in [-0.2, 0) is 6.18 Å². The molecule has 0 aliphatic heterocycles. The van der Waals surface area contributed by atoms with Gasteiger partial charge in [0.25, 0.3) is 0 Å². The molecule has 26 heavy (non-hydrogen) atoms. The molecule has 3 N–H and O–H groups in total. The molecule has 0 saturated carbocycles. The van der Waals surface area contributed by atoms with Gasteiger partial charge in [-0.05, 0) is 48.5 Å². The van der Waals surface area contributed by atoms with E-state index < -0.39 is 11.7 Å². The van der Waals surface area contributed by atoms with Gasteiger partial charge in [0, 0.05) is 10.2 Å². The summed E-state index contributed by atoms with van der Waals surface area (Å²) in [5, 5.41) is 2.86. The van der Waals surface area contributed by atoms with E-state index in [0.717, 1.165) is 16.6 Å². The van der Waals surface area contributed by atoms with Crippen molar-refractivity contribution < 1.29 is 17.9 Å². The van der Waals surface area contributed by atoms with Gasteiger partial charge in [-0.1, -0.05) is 15.9 Å². The van der Waals surface area contributed by atoms with Crippen LogP contribution >= 0.6 is 15.9 Å². The summed E-state index contributed by atoms with van der Waals surface area (Å²) in [6.45, 7) is 0. The molecule has 0 spiro atoms. The number of aromatic nitrogens is 2. The number of benzene rings is 2. The Hall–Kier alpha value is -2.81. The lowest BCUT2D eigenvalue weighted by Gasteiger charge is -2.12. The zero-order valence-electron chi connectivity index (χ0n) is 13.1. The molecular weight excluding hydrogens is 413 g/mol. The molecule has 9 heteroatoms. The number of hydrogen-bond donors (Lipinski definition) is 2. The predicted molar refractivity (Wildman–Crippen MR) is 95.4 cm³/mol. The fourth-order valence-corrected chi connectivity index (χ4v) is 2.32.